The van der Waals surface area contributed by atoms with E-state index in [-0.39, 0.29) is 11.9 Å². The van der Waals surface area contributed by atoms with Crippen LogP contribution in [0, 0.1) is 6.92 Å². The first-order chi connectivity index (χ1) is 17.1. The van der Waals surface area contributed by atoms with Crippen molar-refractivity contribution in [1.29, 1.82) is 0 Å². The normalized spacial score (nSPS) is 10.3. The van der Waals surface area contributed by atoms with Crippen molar-refractivity contribution in [3.8, 4) is 0 Å². The summed E-state index contributed by atoms with van der Waals surface area (Å²) in [4.78, 5) is 24.1. The molecule has 0 amide bonds. The lowest BCUT2D eigenvalue weighted by Gasteiger charge is -2.07. The molecule has 4 nitrogen and oxygen atoms in total. The molecule has 0 radical (unpaired) electrons. The van der Waals surface area contributed by atoms with Crippen LogP contribution >= 0.6 is 0 Å². The van der Waals surface area contributed by atoms with Crippen LogP contribution in [0.1, 0.15) is 117 Å². The van der Waals surface area contributed by atoms with Gasteiger partial charge in [0.15, 0.2) is 0 Å². The average Bonchev–Trinajstić information content (AvgIpc) is 2.88. The zero-order valence-electron chi connectivity index (χ0n) is 22.2. The average molecular weight is 483 g/mol. The minimum absolute atomic E-state index is 0.333. The van der Waals surface area contributed by atoms with Gasteiger partial charge < -0.3 is 9.47 Å². The summed E-state index contributed by atoms with van der Waals surface area (Å²) >= 11 is 0. The lowest BCUT2D eigenvalue weighted by atomic mass is 10.1. The molecule has 0 aromatic heterocycles. The van der Waals surface area contributed by atoms with E-state index in [1.54, 1.807) is 24.3 Å². The summed E-state index contributed by atoms with van der Waals surface area (Å²) < 4.78 is 10.6. The van der Waals surface area contributed by atoms with E-state index in [1.165, 1.54) is 56.9 Å². The Morgan fingerprint density at radius 2 is 0.914 bits per heavy atom. The molecular weight excluding hydrogens is 436 g/mol. The molecule has 0 atom stereocenters. The van der Waals surface area contributed by atoms with Crippen molar-refractivity contribution in [1.82, 2.24) is 0 Å². The van der Waals surface area contributed by atoms with Crippen LogP contribution in [0.3, 0.4) is 0 Å². The highest BCUT2D eigenvalue weighted by atomic mass is 16.5. The molecule has 0 spiro atoms. The first kappa shape index (κ1) is 30.4. The van der Waals surface area contributed by atoms with E-state index in [0.717, 1.165) is 25.7 Å². The lowest BCUT2D eigenvalue weighted by Crippen LogP contribution is -2.09. The predicted molar refractivity (Wildman–Crippen MR) is 145 cm³/mol. The van der Waals surface area contributed by atoms with E-state index < -0.39 is 0 Å². The molecule has 0 unspecified atom stereocenters. The number of hydrogen-bond acceptors (Lipinski definition) is 4. The third-order valence-corrected chi connectivity index (χ3v) is 5.76. The molecule has 0 heterocycles. The Morgan fingerprint density at radius 3 is 1.26 bits per heavy atom. The van der Waals surface area contributed by atoms with Crippen LogP contribution in [0.15, 0.2) is 54.6 Å². The number of carbonyl (C=O) groups is 2. The molecule has 0 saturated heterocycles. The number of ether oxygens (including phenoxy) is 2. The number of carbonyl (C=O) groups excluding carboxylic acids is 2. The molecule has 2 aromatic carbocycles. The molecule has 0 fully saturated rings. The molecule has 0 bridgehead atoms. The number of aryl methyl sites for hydroxylation is 1. The van der Waals surface area contributed by atoms with Gasteiger partial charge in [0.05, 0.1) is 24.3 Å². The third kappa shape index (κ3) is 15.8. The van der Waals surface area contributed by atoms with Crippen molar-refractivity contribution >= 4 is 11.9 Å². The van der Waals surface area contributed by atoms with Gasteiger partial charge >= 0.3 is 11.9 Å². The summed E-state index contributed by atoms with van der Waals surface area (Å²) in [6, 6.07) is 16.8. The summed E-state index contributed by atoms with van der Waals surface area (Å²) in [5, 5.41) is 0. The zero-order valence-corrected chi connectivity index (χ0v) is 22.2. The minimum Gasteiger partial charge on any atom is -0.462 e. The Balaban J connectivity index is 0.000000744. The SMILES string of the molecule is CCCCCCCCOC(=O)c1ccc(C(=O)OCCCCCCCC)cc1.Cc1ccccc1. The Kier molecular flexibility index (Phi) is 18.0. The molecule has 194 valence electrons. The highest BCUT2D eigenvalue weighted by Crippen LogP contribution is 2.10. The highest BCUT2D eigenvalue weighted by Gasteiger charge is 2.11. The van der Waals surface area contributed by atoms with Gasteiger partial charge in [-0.2, -0.15) is 0 Å². The van der Waals surface area contributed by atoms with Crippen LogP contribution in [0.25, 0.3) is 0 Å². The lowest BCUT2D eigenvalue weighted by molar-refractivity contribution is 0.0483. The molecule has 0 saturated carbocycles. The van der Waals surface area contributed by atoms with Gasteiger partial charge in [-0.1, -0.05) is 114 Å². The predicted octanol–water partition coefficient (Wildman–Crippen LogP) is 8.72. The topological polar surface area (TPSA) is 52.6 Å². The second-order valence-electron chi connectivity index (χ2n) is 9.04. The first-order valence-corrected chi connectivity index (χ1v) is 13.5. The van der Waals surface area contributed by atoms with Crippen LogP contribution < -0.4 is 0 Å². The van der Waals surface area contributed by atoms with Gasteiger partial charge in [-0.25, -0.2) is 9.59 Å². The maximum absolute atomic E-state index is 12.0. The maximum Gasteiger partial charge on any atom is 0.338 e. The number of hydrogen-bond donors (Lipinski definition) is 0. The molecule has 35 heavy (non-hydrogen) atoms. The van der Waals surface area contributed by atoms with Gasteiger partial charge in [0, 0.05) is 0 Å². The molecular formula is C31H46O4. The van der Waals surface area contributed by atoms with Crippen LogP contribution in [0.2, 0.25) is 0 Å². The number of rotatable bonds is 16. The standard InChI is InChI=1S/C24H38O4.C7H8/c1-3-5-7-9-11-13-19-27-23(25)21-15-17-22(18-16-21)24(26)28-20-14-12-10-8-6-4-2;1-7-5-3-2-4-6-7/h15-18H,3-14,19-20H2,1-2H3;2-6H,1H3. The summed E-state index contributed by atoms with van der Waals surface area (Å²) in [5.41, 5.74) is 2.26. The van der Waals surface area contributed by atoms with Crippen molar-refractivity contribution in [3.63, 3.8) is 0 Å². The quantitative estimate of drug-likeness (QED) is 0.177. The Labute approximate surface area is 213 Å². The first-order valence-electron chi connectivity index (χ1n) is 13.5. The maximum atomic E-state index is 12.0. The summed E-state index contributed by atoms with van der Waals surface area (Å²) in [6.07, 6.45) is 13.9. The summed E-state index contributed by atoms with van der Waals surface area (Å²) in [5.74, 6) is -0.666. The van der Waals surface area contributed by atoms with E-state index in [4.69, 9.17) is 9.47 Å². The molecule has 4 heteroatoms. The molecule has 0 aliphatic carbocycles. The number of esters is 2. The Hall–Kier alpha value is -2.62. The van der Waals surface area contributed by atoms with E-state index in [9.17, 15) is 9.59 Å². The number of benzene rings is 2. The summed E-state index contributed by atoms with van der Waals surface area (Å²) in [7, 11) is 0. The smallest absolute Gasteiger partial charge is 0.338 e. The van der Waals surface area contributed by atoms with Gasteiger partial charge in [-0.15, -0.1) is 0 Å². The van der Waals surface area contributed by atoms with Crippen LogP contribution in [0.5, 0.6) is 0 Å². The third-order valence-electron chi connectivity index (χ3n) is 5.76. The molecule has 0 aliphatic heterocycles. The molecule has 2 rings (SSSR count). The molecule has 0 N–H and O–H groups in total. The fraction of sp³-hybridized carbons (Fsp3) is 0.548. The second-order valence-corrected chi connectivity index (χ2v) is 9.04. The van der Waals surface area contributed by atoms with E-state index >= 15 is 0 Å². The van der Waals surface area contributed by atoms with E-state index in [0.29, 0.717) is 24.3 Å². The largest absolute Gasteiger partial charge is 0.462 e. The van der Waals surface area contributed by atoms with Crippen LogP contribution in [-0.2, 0) is 9.47 Å². The zero-order chi connectivity index (χ0) is 25.6. The highest BCUT2D eigenvalue weighted by molar-refractivity contribution is 5.93. The Morgan fingerprint density at radius 1 is 0.543 bits per heavy atom. The second kappa shape index (κ2) is 20.7. The van der Waals surface area contributed by atoms with Gasteiger partial charge in [0.1, 0.15) is 0 Å². The van der Waals surface area contributed by atoms with Gasteiger partial charge in [0.25, 0.3) is 0 Å². The fourth-order valence-electron chi connectivity index (χ4n) is 3.54. The Bertz CT molecular complexity index is 734. The van der Waals surface area contributed by atoms with Gasteiger partial charge in [-0.3, -0.25) is 0 Å². The minimum atomic E-state index is -0.333. The van der Waals surface area contributed by atoms with Crippen LogP contribution in [0.4, 0.5) is 0 Å². The molecule has 2 aromatic rings. The van der Waals surface area contributed by atoms with Gasteiger partial charge in [-0.05, 0) is 44.0 Å². The van der Waals surface area contributed by atoms with Gasteiger partial charge in [0.2, 0.25) is 0 Å². The van der Waals surface area contributed by atoms with E-state index in [2.05, 4.69) is 32.9 Å². The van der Waals surface area contributed by atoms with Crippen molar-refractivity contribution < 1.29 is 19.1 Å². The van der Waals surface area contributed by atoms with Crippen molar-refractivity contribution in [2.24, 2.45) is 0 Å². The van der Waals surface area contributed by atoms with Crippen molar-refractivity contribution in [2.75, 3.05) is 13.2 Å². The van der Waals surface area contributed by atoms with Crippen molar-refractivity contribution in [2.45, 2.75) is 97.8 Å². The van der Waals surface area contributed by atoms with Crippen molar-refractivity contribution in [3.05, 3.63) is 71.3 Å². The van der Waals surface area contributed by atoms with E-state index in [1.807, 2.05) is 18.2 Å². The summed E-state index contributed by atoms with van der Waals surface area (Å²) in [6.45, 7) is 7.38. The number of unbranched alkanes of at least 4 members (excludes halogenated alkanes) is 10. The molecule has 0 aliphatic rings. The fourth-order valence-corrected chi connectivity index (χ4v) is 3.54. The van der Waals surface area contributed by atoms with Crippen LogP contribution in [-0.4, -0.2) is 25.2 Å². The monoisotopic (exact) mass is 482 g/mol.